The molecule has 5 nitrogen and oxygen atoms in total. The summed E-state index contributed by atoms with van der Waals surface area (Å²) in [7, 11) is -3.21. The Bertz CT molecular complexity index is 887. The van der Waals surface area contributed by atoms with Crippen molar-refractivity contribution < 1.29 is 26.7 Å². The summed E-state index contributed by atoms with van der Waals surface area (Å²) in [5, 5.41) is 0. The van der Waals surface area contributed by atoms with Crippen LogP contribution in [0.15, 0.2) is 47.4 Å². The maximum atomic E-state index is 13.6. The number of nitrogens with zero attached hydrogens (tertiary/aromatic N) is 1. The Morgan fingerprint density at radius 1 is 1.19 bits per heavy atom. The summed E-state index contributed by atoms with van der Waals surface area (Å²) in [5.41, 5.74) is 0.986. The van der Waals surface area contributed by atoms with Gasteiger partial charge in [-0.25, -0.2) is 17.2 Å². The fourth-order valence-corrected chi connectivity index (χ4v) is 3.53. The zero-order valence-corrected chi connectivity index (χ0v) is 15.7. The topological polar surface area (TPSA) is 55.8 Å². The Kier molecular flexibility index (Phi) is 6.08. The first-order chi connectivity index (χ1) is 12.8. The summed E-state index contributed by atoms with van der Waals surface area (Å²) in [6.07, 6.45) is 0.910. The van der Waals surface area contributed by atoms with Gasteiger partial charge in [-0.15, -0.1) is 0 Å². The van der Waals surface area contributed by atoms with Gasteiger partial charge in [0.05, 0.1) is 11.5 Å². The van der Waals surface area contributed by atoms with Gasteiger partial charge in [0.2, 0.25) is 0 Å². The monoisotopic (exact) mass is 397 g/mol. The molecule has 8 heteroatoms. The maximum absolute atomic E-state index is 13.6. The van der Waals surface area contributed by atoms with Crippen molar-refractivity contribution in [2.45, 2.75) is 17.5 Å². The van der Waals surface area contributed by atoms with Crippen molar-refractivity contribution in [2.75, 3.05) is 32.6 Å². The molecule has 0 radical (unpaired) electrons. The summed E-state index contributed by atoms with van der Waals surface area (Å²) < 4.78 is 60.9. The van der Waals surface area contributed by atoms with Gasteiger partial charge in [-0.05, 0) is 29.8 Å². The van der Waals surface area contributed by atoms with Crippen LogP contribution in [-0.2, 0) is 21.1 Å². The van der Waals surface area contributed by atoms with Crippen LogP contribution in [0.25, 0.3) is 0 Å². The van der Waals surface area contributed by atoms with E-state index in [0.29, 0.717) is 19.7 Å². The molecule has 0 bridgehead atoms. The third-order valence-electron chi connectivity index (χ3n) is 4.30. The van der Waals surface area contributed by atoms with Crippen molar-refractivity contribution in [3.05, 3.63) is 59.7 Å². The highest BCUT2D eigenvalue weighted by atomic mass is 32.2. The molecule has 0 saturated carbocycles. The normalized spacial score (nSPS) is 18.4. The molecule has 0 spiro atoms. The number of rotatable bonds is 6. The highest BCUT2D eigenvalue weighted by molar-refractivity contribution is 7.90. The molecule has 1 saturated heterocycles. The molecule has 0 aromatic heterocycles. The Hall–Kier alpha value is -2.03. The van der Waals surface area contributed by atoms with E-state index in [4.69, 9.17) is 9.47 Å². The van der Waals surface area contributed by atoms with Crippen molar-refractivity contribution in [1.82, 2.24) is 4.90 Å². The first-order valence-electron chi connectivity index (χ1n) is 8.52. The second-order valence-corrected chi connectivity index (χ2v) is 8.55. The van der Waals surface area contributed by atoms with E-state index in [-0.39, 0.29) is 23.4 Å². The molecule has 1 unspecified atom stereocenters. The maximum Gasteiger partial charge on any atom is 0.175 e. The standard InChI is InChI=1S/C19H21F2NO4S/c1-27(23,24)17-5-2-14(3-6-17)11-22-8-9-25-16(12-22)13-26-19-10-15(20)4-7-18(19)21/h2-7,10,16H,8-9,11-13H2,1H3. The summed E-state index contributed by atoms with van der Waals surface area (Å²) >= 11 is 0. The third kappa shape index (κ3) is 5.47. The van der Waals surface area contributed by atoms with E-state index in [2.05, 4.69) is 4.90 Å². The number of benzene rings is 2. The Labute approximate surface area is 157 Å². The van der Waals surface area contributed by atoms with Crippen molar-refractivity contribution in [1.29, 1.82) is 0 Å². The first-order valence-corrected chi connectivity index (χ1v) is 10.4. The molecule has 1 aliphatic rings. The van der Waals surface area contributed by atoms with Crippen LogP contribution < -0.4 is 4.74 Å². The minimum Gasteiger partial charge on any atom is -0.488 e. The zero-order chi connectivity index (χ0) is 19.4. The largest absolute Gasteiger partial charge is 0.488 e. The Balaban J connectivity index is 1.55. The van der Waals surface area contributed by atoms with E-state index in [1.807, 2.05) is 0 Å². The number of sulfone groups is 1. The second-order valence-electron chi connectivity index (χ2n) is 6.53. The van der Waals surface area contributed by atoms with Crippen LogP contribution in [0.4, 0.5) is 8.78 Å². The lowest BCUT2D eigenvalue weighted by atomic mass is 10.2. The molecular weight excluding hydrogens is 376 g/mol. The minimum absolute atomic E-state index is 0.115. The van der Waals surface area contributed by atoms with Gasteiger partial charge in [0.15, 0.2) is 21.4 Å². The Morgan fingerprint density at radius 2 is 1.93 bits per heavy atom. The van der Waals surface area contributed by atoms with Crippen molar-refractivity contribution in [3.8, 4) is 5.75 Å². The van der Waals surface area contributed by atoms with Crippen LogP contribution in [0.3, 0.4) is 0 Å². The van der Waals surface area contributed by atoms with E-state index in [0.717, 1.165) is 30.3 Å². The molecule has 0 aliphatic carbocycles. The van der Waals surface area contributed by atoms with Crippen LogP contribution in [0.2, 0.25) is 0 Å². The molecule has 27 heavy (non-hydrogen) atoms. The van der Waals surface area contributed by atoms with Gasteiger partial charge in [-0.1, -0.05) is 12.1 Å². The molecule has 0 amide bonds. The number of halogens is 2. The third-order valence-corrected chi connectivity index (χ3v) is 5.43. The van der Waals surface area contributed by atoms with Gasteiger partial charge < -0.3 is 9.47 Å². The lowest BCUT2D eigenvalue weighted by molar-refractivity contribution is -0.0509. The quantitative estimate of drug-likeness (QED) is 0.750. The predicted molar refractivity (Wildman–Crippen MR) is 96.4 cm³/mol. The highest BCUT2D eigenvalue weighted by Gasteiger charge is 2.22. The molecular formula is C19H21F2NO4S. The molecule has 2 aromatic rings. The van der Waals surface area contributed by atoms with E-state index in [9.17, 15) is 17.2 Å². The van der Waals surface area contributed by atoms with Gasteiger partial charge in [0, 0.05) is 32.0 Å². The fraction of sp³-hybridized carbons (Fsp3) is 0.368. The van der Waals surface area contributed by atoms with Crippen LogP contribution >= 0.6 is 0 Å². The van der Waals surface area contributed by atoms with Crippen LogP contribution in [-0.4, -0.2) is 52.0 Å². The first kappa shape index (κ1) is 19.7. The van der Waals surface area contributed by atoms with Crippen molar-refractivity contribution >= 4 is 9.84 Å². The van der Waals surface area contributed by atoms with Gasteiger partial charge in [0.1, 0.15) is 18.5 Å². The van der Waals surface area contributed by atoms with Gasteiger partial charge in [-0.3, -0.25) is 4.90 Å². The van der Waals surface area contributed by atoms with E-state index >= 15 is 0 Å². The van der Waals surface area contributed by atoms with Crippen molar-refractivity contribution in [3.63, 3.8) is 0 Å². The van der Waals surface area contributed by atoms with E-state index in [1.54, 1.807) is 24.3 Å². The van der Waals surface area contributed by atoms with Gasteiger partial charge >= 0.3 is 0 Å². The SMILES string of the molecule is CS(=O)(=O)c1ccc(CN2CCOC(COc3cc(F)ccc3F)C2)cc1. The average Bonchev–Trinajstić information content (AvgIpc) is 2.62. The number of hydrogen-bond donors (Lipinski definition) is 0. The molecule has 2 aromatic carbocycles. The molecule has 3 rings (SSSR count). The summed E-state index contributed by atoms with van der Waals surface area (Å²) in [4.78, 5) is 2.44. The van der Waals surface area contributed by atoms with Gasteiger partial charge in [-0.2, -0.15) is 0 Å². The number of morpholine rings is 1. The molecule has 1 heterocycles. The summed E-state index contributed by atoms with van der Waals surface area (Å²) in [6.45, 7) is 2.55. The molecule has 0 N–H and O–H groups in total. The number of ether oxygens (including phenoxy) is 2. The minimum atomic E-state index is -3.21. The molecule has 1 fully saturated rings. The summed E-state index contributed by atoms with van der Waals surface area (Å²) in [6, 6.07) is 9.85. The van der Waals surface area contributed by atoms with Crippen LogP contribution in [0.5, 0.6) is 5.75 Å². The summed E-state index contributed by atoms with van der Waals surface area (Å²) in [5.74, 6) is -1.31. The lowest BCUT2D eigenvalue weighted by Gasteiger charge is -2.32. The van der Waals surface area contributed by atoms with Crippen LogP contribution in [0, 0.1) is 11.6 Å². The average molecular weight is 397 g/mol. The second kappa shape index (κ2) is 8.33. The van der Waals surface area contributed by atoms with Gasteiger partial charge in [0.25, 0.3) is 0 Å². The smallest absolute Gasteiger partial charge is 0.175 e. The van der Waals surface area contributed by atoms with Crippen LogP contribution in [0.1, 0.15) is 5.56 Å². The zero-order valence-electron chi connectivity index (χ0n) is 14.9. The Morgan fingerprint density at radius 3 is 2.63 bits per heavy atom. The van der Waals surface area contributed by atoms with E-state index in [1.165, 1.54) is 6.26 Å². The molecule has 1 aliphatic heterocycles. The lowest BCUT2D eigenvalue weighted by Crippen LogP contribution is -2.44. The fourth-order valence-electron chi connectivity index (χ4n) is 2.90. The van der Waals surface area contributed by atoms with E-state index < -0.39 is 21.5 Å². The molecule has 146 valence electrons. The van der Waals surface area contributed by atoms with Crippen molar-refractivity contribution in [2.24, 2.45) is 0 Å². The number of hydrogen-bond acceptors (Lipinski definition) is 5. The predicted octanol–water partition coefficient (Wildman–Crippen LogP) is 2.65. The highest BCUT2D eigenvalue weighted by Crippen LogP contribution is 2.19. The molecule has 1 atom stereocenters.